The van der Waals surface area contributed by atoms with Crippen molar-refractivity contribution in [3.05, 3.63) is 0 Å². The summed E-state index contributed by atoms with van der Waals surface area (Å²) >= 11 is 0. The van der Waals surface area contributed by atoms with Crippen LogP contribution < -0.4 is 0 Å². The van der Waals surface area contributed by atoms with E-state index in [2.05, 4.69) is 66.2 Å². The summed E-state index contributed by atoms with van der Waals surface area (Å²) in [4.78, 5) is 13.1. The highest BCUT2D eigenvalue weighted by atomic mass is 31.2. The Bertz CT molecular complexity index is 585. The van der Waals surface area contributed by atoms with Gasteiger partial charge < -0.3 is 13.7 Å². The molecular formula is C23H48NO4PSi. The second-order valence-corrected chi connectivity index (χ2v) is 17.2. The molecule has 0 aromatic heterocycles. The van der Waals surface area contributed by atoms with E-state index in [0.29, 0.717) is 12.8 Å². The van der Waals surface area contributed by atoms with Gasteiger partial charge in [-0.05, 0) is 66.1 Å². The number of ether oxygens (including phenoxy) is 1. The van der Waals surface area contributed by atoms with E-state index in [9.17, 15) is 4.79 Å². The van der Waals surface area contributed by atoms with Crippen LogP contribution >= 0.6 is 8.30 Å². The van der Waals surface area contributed by atoms with Crippen LogP contribution in [0.5, 0.6) is 0 Å². The third-order valence-electron chi connectivity index (χ3n) is 6.53. The van der Waals surface area contributed by atoms with Gasteiger partial charge >= 0.3 is 0 Å². The molecule has 5 nitrogen and oxygen atoms in total. The van der Waals surface area contributed by atoms with Gasteiger partial charge in [-0.1, -0.05) is 34.6 Å². The molecule has 5 atom stereocenters. The molecule has 2 unspecified atom stereocenters. The Kier molecular flexibility index (Phi) is 9.15. The molecule has 1 fully saturated rings. The molecule has 0 saturated carbocycles. The van der Waals surface area contributed by atoms with E-state index in [-0.39, 0.29) is 41.8 Å². The van der Waals surface area contributed by atoms with E-state index in [1.54, 1.807) is 0 Å². The first-order valence-electron chi connectivity index (χ1n) is 12.2. The zero-order valence-electron chi connectivity index (χ0n) is 22.5. The van der Waals surface area contributed by atoms with E-state index in [1.165, 1.54) is 0 Å². The predicted octanol–water partition coefficient (Wildman–Crippen LogP) is 6.72. The van der Waals surface area contributed by atoms with Gasteiger partial charge in [-0.2, -0.15) is 0 Å². The highest BCUT2D eigenvalue weighted by molar-refractivity contribution is 7.68. The first kappa shape index (κ1) is 26.4. The number of carbonyl (C=O) groups excluding carboxylic acids is 1. The van der Waals surface area contributed by atoms with Crippen molar-refractivity contribution in [2.75, 3.05) is 0 Å². The molecule has 7 heteroatoms. The van der Waals surface area contributed by atoms with E-state index in [1.807, 2.05) is 20.8 Å². The van der Waals surface area contributed by atoms with Crippen molar-refractivity contribution in [3.8, 4) is 0 Å². The predicted molar refractivity (Wildman–Crippen MR) is 131 cm³/mol. The van der Waals surface area contributed by atoms with Crippen LogP contribution in [0.15, 0.2) is 0 Å². The van der Waals surface area contributed by atoms with E-state index >= 15 is 0 Å². The second-order valence-electron chi connectivity index (χ2n) is 10.7. The smallest absolute Gasteiger partial charge is 0.197 e. The van der Waals surface area contributed by atoms with E-state index in [4.69, 9.17) is 15.1 Å². The lowest BCUT2D eigenvalue weighted by Gasteiger charge is -2.43. The molecule has 0 N–H and O–H groups in total. The fourth-order valence-corrected chi connectivity index (χ4v) is 7.14. The molecule has 0 aromatic carbocycles. The van der Waals surface area contributed by atoms with Crippen molar-refractivity contribution >= 4 is 22.1 Å². The summed E-state index contributed by atoms with van der Waals surface area (Å²) in [6.45, 7) is 25.6. The summed E-state index contributed by atoms with van der Waals surface area (Å²) in [5.41, 5.74) is -0.640. The van der Waals surface area contributed by atoms with Gasteiger partial charge in [0.2, 0.25) is 0 Å². The number of nitrogens with zero attached hydrogens (tertiary/aromatic N) is 1. The molecule has 0 amide bonds. The first-order valence-corrected chi connectivity index (χ1v) is 15.6. The number of carbonyl (C=O) groups is 1. The van der Waals surface area contributed by atoms with Crippen molar-refractivity contribution < 1.29 is 19.9 Å². The van der Waals surface area contributed by atoms with Crippen LogP contribution in [-0.2, 0) is 18.5 Å². The van der Waals surface area contributed by atoms with E-state index in [0.717, 1.165) is 0 Å². The van der Waals surface area contributed by atoms with Gasteiger partial charge in [0.1, 0.15) is 12.2 Å². The lowest BCUT2D eigenvalue weighted by Crippen LogP contribution is -2.51. The highest BCUT2D eigenvalue weighted by Crippen LogP contribution is 2.53. The summed E-state index contributed by atoms with van der Waals surface area (Å²) in [5, 5.41) is 0.0432. The van der Waals surface area contributed by atoms with Crippen LogP contribution in [0.25, 0.3) is 0 Å². The van der Waals surface area contributed by atoms with Crippen LogP contribution in [0.2, 0.25) is 18.1 Å². The average Bonchev–Trinajstić information content (AvgIpc) is 2.90. The minimum absolute atomic E-state index is 0.0432. The Morgan fingerprint density at radius 1 is 1.23 bits per heavy atom. The SMILES string of the molecule is [2H]C[C@@]1(CC)O[C@@H](C)[C@@H](O[Si](C)(C)C(C)(C)C)C1OP(C(=O)CC)N(C(C)C)C(C)C. The molecule has 1 aliphatic rings. The standard InChI is InChI=1S/C23H48NO4PSi/c1-14-19(25)29(24(16(3)4)17(5)6)27-21-20(18(7)26-23(21,11)15-2)28-30(12,13)22(8,9)10/h16-18,20-21H,14-15H2,1-13H3/t18-,20+,21?,23-,29?/m0/s1/i11D. The van der Waals surface area contributed by atoms with Gasteiger partial charge in [0.25, 0.3) is 0 Å². The average molecular weight is 463 g/mol. The van der Waals surface area contributed by atoms with Crippen molar-refractivity contribution in [1.82, 2.24) is 4.67 Å². The van der Waals surface area contributed by atoms with Crippen molar-refractivity contribution in [2.24, 2.45) is 0 Å². The largest absolute Gasteiger partial charge is 0.409 e. The summed E-state index contributed by atoms with van der Waals surface area (Å²) in [6, 6.07) is 0.348. The summed E-state index contributed by atoms with van der Waals surface area (Å²) in [6.07, 6.45) is 0.154. The van der Waals surface area contributed by atoms with Gasteiger partial charge in [0.05, 0.1) is 11.7 Å². The molecule has 30 heavy (non-hydrogen) atoms. The second kappa shape index (κ2) is 10.4. The molecule has 1 saturated heterocycles. The molecular weight excluding hydrogens is 413 g/mol. The minimum Gasteiger partial charge on any atom is -0.409 e. The Hall–Kier alpha value is 0.157. The molecule has 0 aromatic rings. The summed E-state index contributed by atoms with van der Waals surface area (Å²) < 4.78 is 30.6. The number of hydrogen-bond acceptors (Lipinski definition) is 5. The third kappa shape index (κ3) is 6.14. The summed E-state index contributed by atoms with van der Waals surface area (Å²) in [7, 11) is -3.61. The monoisotopic (exact) mass is 462 g/mol. The third-order valence-corrected chi connectivity index (χ3v) is 13.5. The first-order chi connectivity index (χ1) is 14.1. The van der Waals surface area contributed by atoms with Crippen LogP contribution in [0.4, 0.5) is 0 Å². The Balaban J connectivity index is 3.46. The van der Waals surface area contributed by atoms with Crippen LogP contribution in [0.1, 0.15) is 90.3 Å². The highest BCUT2D eigenvalue weighted by Gasteiger charge is 2.55. The van der Waals surface area contributed by atoms with Crippen LogP contribution in [0, 0.1) is 0 Å². The fraction of sp³-hybridized carbons (Fsp3) is 0.957. The lowest BCUT2D eigenvalue weighted by molar-refractivity contribution is -0.113. The van der Waals surface area contributed by atoms with Crippen molar-refractivity contribution in [1.29, 1.82) is 0 Å². The van der Waals surface area contributed by atoms with Gasteiger partial charge in [0, 0.05) is 19.9 Å². The zero-order chi connectivity index (χ0) is 24.4. The zero-order valence-corrected chi connectivity index (χ0v) is 23.4. The lowest BCUT2D eigenvalue weighted by atomic mass is 9.94. The maximum Gasteiger partial charge on any atom is 0.197 e. The molecule has 0 radical (unpaired) electrons. The van der Waals surface area contributed by atoms with Gasteiger partial charge in [0.15, 0.2) is 22.1 Å². The Labute approximate surface area is 190 Å². The maximum atomic E-state index is 13.1. The molecule has 0 bridgehead atoms. The molecule has 1 aliphatic heterocycles. The molecule has 0 spiro atoms. The van der Waals surface area contributed by atoms with Crippen molar-refractivity contribution in [3.63, 3.8) is 0 Å². The topological polar surface area (TPSA) is 48.0 Å². The Morgan fingerprint density at radius 3 is 2.13 bits per heavy atom. The minimum atomic E-state index is -2.11. The number of rotatable bonds is 10. The van der Waals surface area contributed by atoms with Crippen LogP contribution in [-0.4, -0.2) is 54.5 Å². The molecule has 0 aliphatic carbocycles. The van der Waals surface area contributed by atoms with Gasteiger partial charge in [-0.3, -0.25) is 4.79 Å². The van der Waals surface area contributed by atoms with Gasteiger partial charge in [-0.25, -0.2) is 4.67 Å². The molecule has 1 rings (SSSR count). The normalized spacial score (nSPS) is 29.7. The molecule has 178 valence electrons. The number of hydrogen-bond donors (Lipinski definition) is 0. The summed E-state index contributed by atoms with van der Waals surface area (Å²) in [5.74, 6) is 0. The fourth-order valence-electron chi connectivity index (χ4n) is 3.67. The maximum absolute atomic E-state index is 13.1. The molecule has 1 heterocycles. The van der Waals surface area contributed by atoms with Gasteiger partial charge in [-0.15, -0.1) is 0 Å². The quantitative estimate of drug-likeness (QED) is 0.266. The van der Waals surface area contributed by atoms with Crippen LogP contribution in [0.3, 0.4) is 0 Å². The van der Waals surface area contributed by atoms with Crippen molar-refractivity contribution in [2.45, 2.75) is 143 Å². The Morgan fingerprint density at radius 2 is 1.77 bits per heavy atom. The van der Waals surface area contributed by atoms with E-state index < -0.39 is 28.3 Å².